The van der Waals surface area contributed by atoms with Crippen LogP contribution in [0.15, 0.2) is 194 Å². The van der Waals surface area contributed by atoms with Gasteiger partial charge in [-0.2, -0.15) is 0 Å². The molecule has 0 amide bonds. The highest BCUT2D eigenvalue weighted by Crippen LogP contribution is 2.45. The zero-order chi connectivity index (χ0) is 35.6. The van der Waals surface area contributed by atoms with Gasteiger partial charge in [0.15, 0.2) is 0 Å². The topological polar surface area (TPSA) is 25.8 Å². The van der Waals surface area contributed by atoms with Crippen LogP contribution in [0.1, 0.15) is 0 Å². The summed E-state index contributed by atoms with van der Waals surface area (Å²) in [5.74, 6) is 0. The van der Waals surface area contributed by atoms with E-state index in [2.05, 4.69) is 182 Å². The molecule has 0 fully saturated rings. The Balaban J connectivity index is 1.13. The molecule has 2 heteroatoms. The highest BCUT2D eigenvalue weighted by atomic mass is 14.8. The van der Waals surface area contributed by atoms with Crippen LogP contribution >= 0.6 is 0 Å². The predicted octanol–water partition coefficient (Wildman–Crippen LogP) is 14.1. The summed E-state index contributed by atoms with van der Waals surface area (Å²) in [6.45, 7) is 0. The molecule has 1 heterocycles. The monoisotopic (exact) mass is 684 g/mol. The second-order valence-electron chi connectivity index (χ2n) is 14.1. The largest absolute Gasteiger partial charge is 0.252 e. The standard InChI is InChI=1S/C52H32N2/c1-3-13-34(14-4-1)49-42-21-11-8-17-36(42)27-40-26-24-33-23-25-39(30-44(33)51(40)49)47-31-54-48(32-53-47)46-29-37-18-7-10-20-41(37)45-28-38-19-9-12-22-43(38)50(52(45)46)35-15-5-2-6-16-35/h1-32H. The fourth-order valence-electron chi connectivity index (χ4n) is 8.61. The number of aromatic nitrogens is 2. The molecule has 0 saturated carbocycles. The lowest BCUT2D eigenvalue weighted by molar-refractivity contribution is 1.21. The van der Waals surface area contributed by atoms with Gasteiger partial charge in [0, 0.05) is 16.5 Å². The first-order valence-corrected chi connectivity index (χ1v) is 18.5. The quantitative estimate of drug-likeness (QED) is 0.136. The number of fused-ring (bicyclic) bond motifs is 8. The molecule has 1 aromatic heterocycles. The molecule has 0 saturated heterocycles. The molecule has 0 aliphatic rings. The smallest absolute Gasteiger partial charge is 0.0892 e. The van der Waals surface area contributed by atoms with Gasteiger partial charge in [0.25, 0.3) is 0 Å². The lowest BCUT2D eigenvalue weighted by Crippen LogP contribution is -1.94. The second kappa shape index (κ2) is 12.2. The Labute approximate surface area is 312 Å². The molecule has 0 N–H and O–H groups in total. The van der Waals surface area contributed by atoms with Crippen LogP contribution in [0.2, 0.25) is 0 Å². The summed E-state index contributed by atoms with van der Waals surface area (Å²) in [4.78, 5) is 10.3. The van der Waals surface area contributed by atoms with Gasteiger partial charge in [0.05, 0.1) is 23.8 Å². The fraction of sp³-hybridized carbons (Fsp3) is 0. The normalized spacial score (nSPS) is 11.7. The van der Waals surface area contributed by atoms with Crippen molar-refractivity contribution >= 4 is 64.6 Å². The van der Waals surface area contributed by atoms with E-state index in [-0.39, 0.29) is 0 Å². The molecule has 0 spiro atoms. The number of nitrogens with zero attached hydrogens (tertiary/aromatic N) is 2. The van der Waals surface area contributed by atoms with Crippen LogP contribution in [-0.4, -0.2) is 9.97 Å². The summed E-state index contributed by atoms with van der Waals surface area (Å²) in [5.41, 5.74) is 8.70. The number of rotatable bonds is 4. The lowest BCUT2D eigenvalue weighted by Gasteiger charge is -2.18. The van der Waals surface area contributed by atoms with Crippen LogP contribution in [0.3, 0.4) is 0 Å². The van der Waals surface area contributed by atoms with Gasteiger partial charge in [-0.1, -0.05) is 158 Å². The van der Waals surface area contributed by atoms with Crippen LogP contribution < -0.4 is 0 Å². The average Bonchev–Trinajstić information content (AvgIpc) is 3.25. The summed E-state index contributed by atoms with van der Waals surface area (Å²) in [6.07, 6.45) is 3.90. The molecule has 250 valence electrons. The minimum absolute atomic E-state index is 0.846. The molecule has 0 bridgehead atoms. The summed E-state index contributed by atoms with van der Waals surface area (Å²) >= 11 is 0. The summed E-state index contributed by atoms with van der Waals surface area (Å²) in [7, 11) is 0. The van der Waals surface area contributed by atoms with Gasteiger partial charge in [0.1, 0.15) is 0 Å². The molecular formula is C52H32N2. The van der Waals surface area contributed by atoms with E-state index in [4.69, 9.17) is 9.97 Å². The Hall–Kier alpha value is -7.16. The number of hydrogen-bond acceptors (Lipinski definition) is 2. The molecule has 0 unspecified atom stereocenters. The zero-order valence-corrected chi connectivity index (χ0v) is 29.4. The van der Waals surface area contributed by atoms with Crippen molar-refractivity contribution in [1.29, 1.82) is 0 Å². The van der Waals surface area contributed by atoms with E-state index in [1.807, 2.05) is 12.4 Å². The first-order chi connectivity index (χ1) is 26.8. The van der Waals surface area contributed by atoms with Crippen LogP contribution in [0.4, 0.5) is 0 Å². The van der Waals surface area contributed by atoms with Crippen molar-refractivity contribution in [3.63, 3.8) is 0 Å². The van der Waals surface area contributed by atoms with Crippen LogP contribution in [-0.2, 0) is 0 Å². The van der Waals surface area contributed by atoms with Crippen molar-refractivity contribution in [2.75, 3.05) is 0 Å². The van der Waals surface area contributed by atoms with Crippen molar-refractivity contribution < 1.29 is 0 Å². The van der Waals surface area contributed by atoms with Gasteiger partial charge in [-0.15, -0.1) is 0 Å². The van der Waals surface area contributed by atoms with E-state index in [1.165, 1.54) is 86.9 Å². The second-order valence-corrected chi connectivity index (χ2v) is 14.1. The van der Waals surface area contributed by atoms with Crippen molar-refractivity contribution in [2.45, 2.75) is 0 Å². The van der Waals surface area contributed by atoms with E-state index in [9.17, 15) is 0 Å². The van der Waals surface area contributed by atoms with Gasteiger partial charge in [-0.05, 0) is 106 Å². The van der Waals surface area contributed by atoms with Gasteiger partial charge in [-0.25, -0.2) is 0 Å². The van der Waals surface area contributed by atoms with Gasteiger partial charge < -0.3 is 0 Å². The van der Waals surface area contributed by atoms with Gasteiger partial charge in [0.2, 0.25) is 0 Å². The van der Waals surface area contributed by atoms with E-state index < -0.39 is 0 Å². The van der Waals surface area contributed by atoms with Gasteiger partial charge in [-0.3, -0.25) is 9.97 Å². The average molecular weight is 685 g/mol. The maximum Gasteiger partial charge on any atom is 0.0892 e. The third-order valence-corrected chi connectivity index (χ3v) is 11.1. The fourth-order valence-corrected chi connectivity index (χ4v) is 8.61. The van der Waals surface area contributed by atoms with Crippen molar-refractivity contribution in [3.05, 3.63) is 194 Å². The Morgan fingerprint density at radius 2 is 0.796 bits per heavy atom. The van der Waals surface area contributed by atoms with Crippen LogP contribution in [0, 0.1) is 0 Å². The minimum Gasteiger partial charge on any atom is -0.252 e. The zero-order valence-electron chi connectivity index (χ0n) is 29.4. The molecule has 0 aliphatic carbocycles. The maximum absolute atomic E-state index is 5.18. The van der Waals surface area contributed by atoms with E-state index in [1.54, 1.807) is 0 Å². The molecule has 0 atom stereocenters. The molecule has 2 nitrogen and oxygen atoms in total. The lowest BCUT2D eigenvalue weighted by atomic mass is 9.86. The SMILES string of the molecule is c1ccc(-c2c3ccccc3cc3c2c(-c2cnc(-c4ccc5ccc6cc7ccccc7c(-c7ccccc7)c6c5c4)cn2)cc2ccccc23)cc1. The summed E-state index contributed by atoms with van der Waals surface area (Å²) in [5, 5.41) is 14.7. The van der Waals surface area contributed by atoms with Gasteiger partial charge >= 0.3 is 0 Å². The van der Waals surface area contributed by atoms with Crippen molar-refractivity contribution in [1.82, 2.24) is 9.97 Å². The Kier molecular flexibility index (Phi) is 6.90. The Morgan fingerprint density at radius 1 is 0.278 bits per heavy atom. The molecule has 11 rings (SSSR count). The molecule has 54 heavy (non-hydrogen) atoms. The molecule has 0 aliphatic heterocycles. The van der Waals surface area contributed by atoms with Crippen molar-refractivity contribution in [2.24, 2.45) is 0 Å². The molecule has 11 aromatic rings. The Bertz CT molecular complexity index is 3240. The predicted molar refractivity (Wildman–Crippen MR) is 229 cm³/mol. The summed E-state index contributed by atoms with van der Waals surface area (Å²) in [6, 6.07) is 65.8. The third-order valence-electron chi connectivity index (χ3n) is 11.1. The minimum atomic E-state index is 0.846. The first kappa shape index (κ1) is 30.5. The third kappa shape index (κ3) is 4.81. The molecule has 0 radical (unpaired) electrons. The molecular weight excluding hydrogens is 653 g/mol. The molecule has 10 aromatic carbocycles. The van der Waals surface area contributed by atoms with Crippen LogP contribution in [0.25, 0.3) is 109 Å². The highest BCUT2D eigenvalue weighted by Gasteiger charge is 2.19. The first-order valence-electron chi connectivity index (χ1n) is 18.5. The van der Waals surface area contributed by atoms with E-state index in [0.717, 1.165) is 22.5 Å². The number of hydrogen-bond donors (Lipinski definition) is 0. The van der Waals surface area contributed by atoms with E-state index >= 15 is 0 Å². The highest BCUT2D eigenvalue weighted by molar-refractivity contribution is 6.25. The van der Waals surface area contributed by atoms with E-state index in [0.29, 0.717) is 0 Å². The Morgan fingerprint density at radius 3 is 1.46 bits per heavy atom. The summed E-state index contributed by atoms with van der Waals surface area (Å²) < 4.78 is 0. The van der Waals surface area contributed by atoms with Crippen LogP contribution in [0.5, 0.6) is 0 Å². The number of benzene rings is 10. The maximum atomic E-state index is 5.18. The van der Waals surface area contributed by atoms with Crippen molar-refractivity contribution in [3.8, 4) is 44.8 Å².